The van der Waals surface area contributed by atoms with Crippen LogP contribution in [0.4, 0.5) is 23.4 Å². The minimum atomic E-state index is -4.81. The summed E-state index contributed by atoms with van der Waals surface area (Å²) >= 11 is 0. The summed E-state index contributed by atoms with van der Waals surface area (Å²) in [5.74, 6) is -1.66. The molecule has 0 saturated carbocycles. The predicted octanol–water partition coefficient (Wildman–Crippen LogP) is 4.21. The zero-order valence-electron chi connectivity index (χ0n) is 13.3. The molecule has 4 nitrogen and oxygen atoms in total. The molecule has 1 aromatic heterocycles. The van der Waals surface area contributed by atoms with E-state index in [1.807, 2.05) is 30.3 Å². The van der Waals surface area contributed by atoms with Crippen molar-refractivity contribution < 1.29 is 22.4 Å². The number of rotatable bonds is 4. The van der Waals surface area contributed by atoms with Crippen molar-refractivity contribution in [3.63, 3.8) is 0 Å². The first-order valence-corrected chi connectivity index (χ1v) is 7.59. The number of carbonyl (C=O) groups is 1. The molecule has 0 atom stereocenters. The number of aromatic nitrogens is 2. The molecule has 0 fully saturated rings. The highest BCUT2D eigenvalue weighted by molar-refractivity contribution is 5.91. The summed E-state index contributed by atoms with van der Waals surface area (Å²) in [6.45, 7) is 0. The van der Waals surface area contributed by atoms with E-state index in [1.165, 1.54) is 0 Å². The molecular weight excluding hydrogens is 350 g/mol. The Balaban J connectivity index is 1.69. The molecule has 0 bridgehead atoms. The van der Waals surface area contributed by atoms with Crippen LogP contribution in [0.3, 0.4) is 0 Å². The predicted molar refractivity (Wildman–Crippen MR) is 87.3 cm³/mol. The Morgan fingerprint density at radius 2 is 1.81 bits per heavy atom. The second-order valence-electron chi connectivity index (χ2n) is 5.52. The van der Waals surface area contributed by atoms with Crippen molar-refractivity contribution in [1.29, 1.82) is 0 Å². The van der Waals surface area contributed by atoms with E-state index >= 15 is 0 Å². The highest BCUT2D eigenvalue weighted by atomic mass is 19.4. The Morgan fingerprint density at radius 3 is 2.50 bits per heavy atom. The van der Waals surface area contributed by atoms with Gasteiger partial charge in [0.1, 0.15) is 5.82 Å². The number of amides is 1. The van der Waals surface area contributed by atoms with Gasteiger partial charge < -0.3 is 5.32 Å². The number of anilines is 1. The monoisotopic (exact) mass is 363 g/mol. The maximum absolute atomic E-state index is 13.3. The second-order valence-corrected chi connectivity index (χ2v) is 5.52. The van der Waals surface area contributed by atoms with Crippen LogP contribution in [0, 0.1) is 5.82 Å². The molecule has 3 aromatic rings. The lowest BCUT2D eigenvalue weighted by Crippen LogP contribution is -2.16. The molecule has 1 amide bonds. The van der Waals surface area contributed by atoms with E-state index in [1.54, 1.807) is 16.9 Å². The van der Waals surface area contributed by atoms with Crippen LogP contribution >= 0.6 is 0 Å². The number of nitrogens with one attached hydrogen (secondary N) is 1. The average Bonchev–Trinajstić information content (AvgIpc) is 3.05. The Bertz CT molecular complexity index is 920. The summed E-state index contributed by atoms with van der Waals surface area (Å²) < 4.78 is 53.0. The summed E-state index contributed by atoms with van der Waals surface area (Å²) in [7, 11) is 0. The molecule has 0 saturated heterocycles. The van der Waals surface area contributed by atoms with E-state index in [0.717, 1.165) is 11.8 Å². The van der Waals surface area contributed by atoms with Crippen molar-refractivity contribution >= 4 is 11.7 Å². The number of halogens is 4. The number of para-hydroxylation sites is 1. The molecule has 1 heterocycles. The first-order chi connectivity index (χ1) is 12.3. The standard InChI is InChI=1S/C18H13F4N3O/c19-15-7-6-12(10-14(15)18(20,21)22)11-17(26)23-16-8-9-25(24-16)13-4-2-1-3-5-13/h1-10H,11H2,(H,23,24,26). The fourth-order valence-electron chi connectivity index (χ4n) is 2.39. The third-order valence-electron chi connectivity index (χ3n) is 3.58. The molecule has 26 heavy (non-hydrogen) atoms. The van der Waals surface area contributed by atoms with Gasteiger partial charge >= 0.3 is 6.18 Å². The smallest absolute Gasteiger partial charge is 0.309 e. The van der Waals surface area contributed by atoms with Crippen LogP contribution in [-0.4, -0.2) is 15.7 Å². The van der Waals surface area contributed by atoms with Crippen molar-refractivity contribution in [2.24, 2.45) is 0 Å². The molecule has 8 heteroatoms. The Morgan fingerprint density at radius 1 is 1.08 bits per heavy atom. The summed E-state index contributed by atoms with van der Waals surface area (Å²) in [5.41, 5.74) is -0.545. The van der Waals surface area contributed by atoms with Gasteiger partial charge in [-0.05, 0) is 29.8 Å². The Kier molecular flexibility index (Phi) is 4.75. The molecule has 0 aliphatic heterocycles. The van der Waals surface area contributed by atoms with Crippen molar-refractivity contribution in [3.8, 4) is 5.69 Å². The average molecular weight is 363 g/mol. The van der Waals surface area contributed by atoms with Crippen molar-refractivity contribution in [1.82, 2.24) is 9.78 Å². The van der Waals surface area contributed by atoms with Gasteiger partial charge in [-0.2, -0.15) is 18.3 Å². The molecule has 0 spiro atoms. The Hall–Kier alpha value is -3.16. The summed E-state index contributed by atoms with van der Waals surface area (Å²) in [5, 5.41) is 6.69. The molecular formula is C18H13F4N3O. The highest BCUT2D eigenvalue weighted by Gasteiger charge is 2.34. The molecule has 0 aliphatic rings. The minimum Gasteiger partial charge on any atom is -0.309 e. The first kappa shape index (κ1) is 17.7. The number of hydrogen-bond donors (Lipinski definition) is 1. The normalized spacial score (nSPS) is 11.4. The lowest BCUT2D eigenvalue weighted by atomic mass is 10.1. The van der Waals surface area contributed by atoms with Crippen LogP contribution < -0.4 is 5.32 Å². The van der Waals surface area contributed by atoms with Crippen LogP contribution in [0.1, 0.15) is 11.1 Å². The van der Waals surface area contributed by atoms with Crippen LogP contribution in [0.25, 0.3) is 5.69 Å². The van der Waals surface area contributed by atoms with Gasteiger partial charge in [0.15, 0.2) is 5.82 Å². The molecule has 134 valence electrons. The summed E-state index contributed by atoms with van der Waals surface area (Å²) in [6.07, 6.45) is -3.50. The number of nitrogens with zero attached hydrogens (tertiary/aromatic N) is 2. The number of benzene rings is 2. The molecule has 0 aliphatic carbocycles. The number of hydrogen-bond acceptors (Lipinski definition) is 2. The van der Waals surface area contributed by atoms with Crippen LogP contribution in [0.5, 0.6) is 0 Å². The molecule has 0 radical (unpaired) electrons. The summed E-state index contributed by atoms with van der Waals surface area (Å²) in [4.78, 5) is 12.0. The Labute approximate surface area is 146 Å². The maximum Gasteiger partial charge on any atom is 0.419 e. The van der Waals surface area contributed by atoms with E-state index in [0.29, 0.717) is 12.1 Å². The van der Waals surface area contributed by atoms with E-state index in [9.17, 15) is 22.4 Å². The third-order valence-corrected chi connectivity index (χ3v) is 3.58. The topological polar surface area (TPSA) is 46.9 Å². The molecule has 0 unspecified atom stereocenters. The first-order valence-electron chi connectivity index (χ1n) is 7.59. The van der Waals surface area contributed by atoms with Gasteiger partial charge in [-0.15, -0.1) is 0 Å². The second kappa shape index (κ2) is 6.99. The lowest BCUT2D eigenvalue weighted by Gasteiger charge is -2.10. The largest absolute Gasteiger partial charge is 0.419 e. The van der Waals surface area contributed by atoms with Gasteiger partial charge in [0, 0.05) is 12.3 Å². The van der Waals surface area contributed by atoms with Gasteiger partial charge in [-0.3, -0.25) is 4.79 Å². The van der Waals surface area contributed by atoms with Gasteiger partial charge in [0.25, 0.3) is 0 Å². The van der Waals surface area contributed by atoms with Gasteiger partial charge in [0.05, 0.1) is 17.7 Å². The lowest BCUT2D eigenvalue weighted by molar-refractivity contribution is -0.140. The van der Waals surface area contributed by atoms with Crippen LogP contribution in [-0.2, 0) is 17.4 Å². The molecule has 3 rings (SSSR count). The minimum absolute atomic E-state index is 0.0544. The van der Waals surface area contributed by atoms with Crippen molar-refractivity contribution in [3.05, 3.63) is 77.7 Å². The van der Waals surface area contributed by atoms with Gasteiger partial charge in [-0.25, -0.2) is 9.07 Å². The van der Waals surface area contributed by atoms with Gasteiger partial charge in [-0.1, -0.05) is 24.3 Å². The quantitative estimate of drug-likeness (QED) is 0.706. The van der Waals surface area contributed by atoms with Crippen LogP contribution in [0.15, 0.2) is 60.8 Å². The van der Waals surface area contributed by atoms with Crippen LogP contribution in [0.2, 0.25) is 0 Å². The maximum atomic E-state index is 13.3. The fraction of sp³-hybridized carbons (Fsp3) is 0.111. The zero-order valence-corrected chi connectivity index (χ0v) is 13.3. The SMILES string of the molecule is O=C(Cc1ccc(F)c(C(F)(F)F)c1)Nc1ccn(-c2ccccc2)n1. The highest BCUT2D eigenvalue weighted by Crippen LogP contribution is 2.32. The van der Waals surface area contributed by atoms with E-state index < -0.39 is 23.5 Å². The van der Waals surface area contributed by atoms with Crippen molar-refractivity contribution in [2.75, 3.05) is 5.32 Å². The zero-order chi connectivity index (χ0) is 18.7. The number of alkyl halides is 3. The number of carbonyl (C=O) groups excluding carboxylic acids is 1. The van der Waals surface area contributed by atoms with Crippen molar-refractivity contribution in [2.45, 2.75) is 12.6 Å². The molecule has 2 aromatic carbocycles. The fourth-order valence-corrected chi connectivity index (χ4v) is 2.39. The van der Waals surface area contributed by atoms with Gasteiger partial charge in [0.2, 0.25) is 5.91 Å². The molecule has 1 N–H and O–H groups in total. The van der Waals surface area contributed by atoms with E-state index in [2.05, 4.69) is 10.4 Å². The third kappa shape index (κ3) is 4.08. The summed E-state index contributed by atoms with van der Waals surface area (Å²) in [6, 6.07) is 13.2. The van der Waals surface area contributed by atoms with E-state index in [4.69, 9.17) is 0 Å². The van der Waals surface area contributed by atoms with E-state index in [-0.39, 0.29) is 17.8 Å².